The van der Waals surface area contributed by atoms with Gasteiger partial charge >= 0.3 is 5.69 Å². The molecular formula is C20H28N4O4. The van der Waals surface area contributed by atoms with E-state index in [1.807, 2.05) is 38.1 Å². The Morgan fingerprint density at radius 3 is 2.57 bits per heavy atom. The van der Waals surface area contributed by atoms with E-state index in [1.54, 1.807) is 9.47 Å². The Hall–Kier alpha value is -2.61. The molecule has 1 saturated heterocycles. The van der Waals surface area contributed by atoms with Crippen molar-refractivity contribution in [3.05, 3.63) is 34.7 Å². The van der Waals surface area contributed by atoms with Crippen LogP contribution in [0.25, 0.3) is 11.0 Å². The van der Waals surface area contributed by atoms with Gasteiger partial charge in [-0.05, 0) is 30.9 Å². The molecule has 1 aromatic heterocycles. The number of para-hydroxylation sites is 2. The molecule has 0 spiro atoms. The van der Waals surface area contributed by atoms with Crippen LogP contribution in [-0.4, -0.2) is 59.1 Å². The molecule has 8 heteroatoms. The molecule has 1 atom stereocenters. The van der Waals surface area contributed by atoms with Crippen molar-refractivity contribution in [2.75, 3.05) is 26.8 Å². The number of amides is 2. The average molecular weight is 388 g/mol. The number of aromatic amines is 1. The van der Waals surface area contributed by atoms with Crippen LogP contribution in [0.4, 0.5) is 0 Å². The number of rotatable bonds is 6. The van der Waals surface area contributed by atoms with E-state index < -0.39 is 6.04 Å². The summed E-state index contributed by atoms with van der Waals surface area (Å²) in [5.74, 6) is -0.402. The number of hydrogen-bond donors (Lipinski definition) is 2. The van der Waals surface area contributed by atoms with E-state index in [0.717, 1.165) is 11.0 Å². The number of benzene rings is 1. The first-order valence-corrected chi connectivity index (χ1v) is 9.68. The Labute approximate surface area is 163 Å². The number of carbonyl (C=O) groups excluding carboxylic acids is 2. The zero-order valence-corrected chi connectivity index (χ0v) is 16.6. The standard InChI is InChI=1S/C20H28N4O4/c1-13(2)18(22-17(25)12-28-3)19(26)23-10-8-14(9-11-23)24-16-7-5-4-6-15(16)21-20(24)27/h4-7,13-14,18H,8-12H2,1-3H3,(H,21,27)(H,22,25)/t18-/m0/s1. The van der Waals surface area contributed by atoms with Crippen LogP contribution in [0.2, 0.25) is 0 Å². The van der Waals surface area contributed by atoms with Crippen LogP contribution in [0.1, 0.15) is 32.7 Å². The molecule has 2 heterocycles. The Kier molecular flexibility index (Phi) is 6.18. The maximum Gasteiger partial charge on any atom is 0.326 e. The van der Waals surface area contributed by atoms with Crippen molar-refractivity contribution >= 4 is 22.8 Å². The highest BCUT2D eigenvalue weighted by molar-refractivity contribution is 5.88. The van der Waals surface area contributed by atoms with Crippen molar-refractivity contribution in [2.45, 2.75) is 38.8 Å². The zero-order chi connectivity index (χ0) is 20.3. The number of methoxy groups -OCH3 is 1. The van der Waals surface area contributed by atoms with E-state index in [4.69, 9.17) is 4.74 Å². The number of aromatic nitrogens is 2. The zero-order valence-electron chi connectivity index (χ0n) is 16.6. The lowest BCUT2D eigenvalue weighted by Gasteiger charge is -2.35. The number of hydrogen-bond acceptors (Lipinski definition) is 4. The van der Waals surface area contributed by atoms with Crippen LogP contribution in [0.5, 0.6) is 0 Å². The lowest BCUT2D eigenvalue weighted by atomic mass is 9.99. The minimum Gasteiger partial charge on any atom is -0.375 e. The number of fused-ring (bicyclic) bond motifs is 1. The summed E-state index contributed by atoms with van der Waals surface area (Å²) in [5, 5.41) is 2.77. The molecule has 0 unspecified atom stereocenters. The molecule has 0 radical (unpaired) electrons. The van der Waals surface area contributed by atoms with Crippen LogP contribution in [0.3, 0.4) is 0 Å². The minimum atomic E-state index is -0.574. The van der Waals surface area contributed by atoms with E-state index in [2.05, 4.69) is 10.3 Å². The van der Waals surface area contributed by atoms with Gasteiger partial charge in [0.15, 0.2) is 0 Å². The first-order chi connectivity index (χ1) is 13.4. The maximum absolute atomic E-state index is 12.9. The van der Waals surface area contributed by atoms with Gasteiger partial charge in [0, 0.05) is 26.2 Å². The van der Waals surface area contributed by atoms with E-state index in [9.17, 15) is 14.4 Å². The largest absolute Gasteiger partial charge is 0.375 e. The number of likely N-dealkylation sites (tertiary alicyclic amines) is 1. The number of imidazole rings is 1. The number of nitrogens with zero attached hydrogens (tertiary/aromatic N) is 2. The van der Waals surface area contributed by atoms with E-state index >= 15 is 0 Å². The molecule has 8 nitrogen and oxygen atoms in total. The lowest BCUT2D eigenvalue weighted by molar-refractivity contribution is -0.139. The van der Waals surface area contributed by atoms with Gasteiger partial charge in [0.25, 0.3) is 0 Å². The number of ether oxygens (including phenoxy) is 1. The summed E-state index contributed by atoms with van der Waals surface area (Å²) in [5.41, 5.74) is 1.61. The number of nitrogens with one attached hydrogen (secondary N) is 2. The normalized spacial score (nSPS) is 16.5. The van der Waals surface area contributed by atoms with Gasteiger partial charge < -0.3 is 19.9 Å². The number of H-pyrrole nitrogens is 1. The number of piperidine rings is 1. The van der Waals surface area contributed by atoms with Crippen LogP contribution < -0.4 is 11.0 Å². The molecule has 1 aliphatic heterocycles. The fourth-order valence-corrected chi connectivity index (χ4v) is 3.84. The molecule has 3 rings (SSSR count). The Bertz CT molecular complexity index is 893. The molecule has 0 bridgehead atoms. The summed E-state index contributed by atoms with van der Waals surface area (Å²) < 4.78 is 6.64. The summed E-state index contributed by atoms with van der Waals surface area (Å²) in [6.45, 7) is 4.86. The van der Waals surface area contributed by atoms with Gasteiger partial charge in [-0.1, -0.05) is 26.0 Å². The van der Waals surface area contributed by atoms with Gasteiger partial charge in [-0.15, -0.1) is 0 Å². The highest BCUT2D eigenvalue weighted by Gasteiger charge is 2.32. The van der Waals surface area contributed by atoms with Crippen molar-refractivity contribution in [3.63, 3.8) is 0 Å². The van der Waals surface area contributed by atoms with E-state index in [0.29, 0.717) is 25.9 Å². The predicted molar refractivity (Wildman–Crippen MR) is 106 cm³/mol. The second kappa shape index (κ2) is 8.60. The summed E-state index contributed by atoms with van der Waals surface area (Å²) in [7, 11) is 1.45. The molecule has 28 heavy (non-hydrogen) atoms. The fraction of sp³-hybridized carbons (Fsp3) is 0.550. The third-order valence-corrected chi connectivity index (χ3v) is 5.29. The van der Waals surface area contributed by atoms with Crippen molar-refractivity contribution in [1.82, 2.24) is 19.8 Å². The van der Waals surface area contributed by atoms with Gasteiger partial charge in [0.2, 0.25) is 11.8 Å². The lowest BCUT2D eigenvalue weighted by Crippen LogP contribution is -2.53. The molecular weight excluding hydrogens is 360 g/mol. The monoisotopic (exact) mass is 388 g/mol. The van der Waals surface area contributed by atoms with Crippen molar-refractivity contribution < 1.29 is 14.3 Å². The van der Waals surface area contributed by atoms with Crippen molar-refractivity contribution in [1.29, 1.82) is 0 Å². The average Bonchev–Trinajstić information content (AvgIpc) is 3.01. The van der Waals surface area contributed by atoms with Gasteiger partial charge in [0.1, 0.15) is 12.6 Å². The van der Waals surface area contributed by atoms with Gasteiger partial charge in [-0.2, -0.15) is 0 Å². The smallest absolute Gasteiger partial charge is 0.326 e. The first-order valence-electron chi connectivity index (χ1n) is 9.68. The van der Waals surface area contributed by atoms with E-state index in [-0.39, 0.29) is 36.1 Å². The van der Waals surface area contributed by atoms with E-state index in [1.165, 1.54) is 7.11 Å². The molecule has 1 aromatic carbocycles. The second-order valence-electron chi connectivity index (χ2n) is 7.60. The molecule has 152 valence electrons. The van der Waals surface area contributed by atoms with Gasteiger partial charge in [0.05, 0.1) is 11.0 Å². The molecule has 2 N–H and O–H groups in total. The third-order valence-electron chi connectivity index (χ3n) is 5.29. The Morgan fingerprint density at radius 1 is 1.25 bits per heavy atom. The third kappa shape index (κ3) is 4.11. The fourth-order valence-electron chi connectivity index (χ4n) is 3.84. The minimum absolute atomic E-state index is 0.0257. The SMILES string of the molecule is COCC(=O)N[C@H](C(=O)N1CCC(n2c(=O)[nH]c3ccccc32)CC1)C(C)C. The van der Waals surface area contributed by atoms with Crippen LogP contribution in [-0.2, 0) is 14.3 Å². The second-order valence-corrected chi connectivity index (χ2v) is 7.60. The maximum atomic E-state index is 12.9. The molecule has 2 aromatic rings. The first kappa shape index (κ1) is 20.1. The summed E-state index contributed by atoms with van der Waals surface area (Å²) >= 11 is 0. The van der Waals surface area contributed by atoms with Crippen molar-refractivity contribution in [2.24, 2.45) is 5.92 Å². The van der Waals surface area contributed by atoms with Crippen LogP contribution in [0, 0.1) is 5.92 Å². The predicted octanol–water partition coefficient (Wildman–Crippen LogP) is 1.28. The molecule has 1 aliphatic rings. The van der Waals surface area contributed by atoms with Gasteiger partial charge in [-0.25, -0.2) is 4.79 Å². The van der Waals surface area contributed by atoms with Crippen molar-refractivity contribution in [3.8, 4) is 0 Å². The molecule has 1 fully saturated rings. The van der Waals surface area contributed by atoms with Crippen LogP contribution in [0.15, 0.2) is 29.1 Å². The Balaban J connectivity index is 1.68. The molecule has 0 aliphatic carbocycles. The highest BCUT2D eigenvalue weighted by Crippen LogP contribution is 2.25. The molecule has 2 amide bonds. The molecule has 0 saturated carbocycles. The quantitative estimate of drug-likeness (QED) is 0.779. The summed E-state index contributed by atoms with van der Waals surface area (Å²) in [6.07, 6.45) is 1.40. The Morgan fingerprint density at radius 2 is 1.93 bits per heavy atom. The number of carbonyl (C=O) groups is 2. The summed E-state index contributed by atoms with van der Waals surface area (Å²) in [6, 6.07) is 7.12. The van der Waals surface area contributed by atoms with Crippen LogP contribution >= 0.6 is 0 Å². The highest BCUT2D eigenvalue weighted by atomic mass is 16.5. The summed E-state index contributed by atoms with van der Waals surface area (Å²) in [4.78, 5) is 41.9. The topological polar surface area (TPSA) is 96.4 Å². The van der Waals surface area contributed by atoms with Gasteiger partial charge in [-0.3, -0.25) is 14.2 Å².